The van der Waals surface area contributed by atoms with Gasteiger partial charge in [-0.25, -0.2) is 4.98 Å². The van der Waals surface area contributed by atoms with Gasteiger partial charge in [0.15, 0.2) is 0 Å². The molecule has 2 unspecified atom stereocenters. The van der Waals surface area contributed by atoms with Crippen LogP contribution < -0.4 is 5.32 Å². The third-order valence-electron chi connectivity index (χ3n) is 7.65. The van der Waals surface area contributed by atoms with Crippen LogP contribution in [0.25, 0.3) is 33.8 Å². The van der Waals surface area contributed by atoms with Crippen molar-refractivity contribution < 1.29 is 9.59 Å². The molecule has 5 nitrogen and oxygen atoms in total. The zero-order valence-corrected chi connectivity index (χ0v) is 28.7. The van der Waals surface area contributed by atoms with E-state index >= 15 is 0 Å². The van der Waals surface area contributed by atoms with E-state index in [4.69, 9.17) is 16.6 Å². The summed E-state index contributed by atoms with van der Waals surface area (Å²) in [6.07, 6.45) is 4.94. The minimum Gasteiger partial charge on any atom is -0.350 e. The molecule has 0 radical (unpaired) electrons. The fourth-order valence-electron chi connectivity index (χ4n) is 5.19. The molecule has 4 aromatic carbocycles. The van der Waals surface area contributed by atoms with Crippen LogP contribution in [0.3, 0.4) is 0 Å². The number of aromatic nitrogens is 1. The van der Waals surface area contributed by atoms with Crippen molar-refractivity contribution in [3.63, 3.8) is 0 Å². The summed E-state index contributed by atoms with van der Waals surface area (Å²) in [7, 11) is 3.57. The van der Waals surface area contributed by atoms with E-state index in [9.17, 15) is 9.59 Å². The zero-order valence-electron chi connectivity index (χ0n) is 26.3. The Balaban J connectivity index is 1.24. The van der Waals surface area contributed by atoms with Gasteiger partial charge in [0, 0.05) is 48.9 Å². The van der Waals surface area contributed by atoms with E-state index in [0.29, 0.717) is 29.4 Å². The lowest BCUT2D eigenvalue weighted by atomic mass is 9.99. The Morgan fingerprint density at radius 2 is 1.59 bits per heavy atom. The number of pyridine rings is 1. The van der Waals surface area contributed by atoms with E-state index in [1.54, 1.807) is 42.5 Å². The number of hydrogen-bond donors (Lipinski definition) is 1. The molecule has 0 fully saturated rings. The number of benzene rings is 4. The van der Waals surface area contributed by atoms with Crippen molar-refractivity contribution in [1.29, 1.82) is 0 Å². The van der Waals surface area contributed by atoms with E-state index in [1.807, 2.05) is 61.5 Å². The molecule has 0 spiro atoms. The number of thioether (sulfide) groups is 2. The molecule has 46 heavy (non-hydrogen) atoms. The summed E-state index contributed by atoms with van der Waals surface area (Å²) < 4.78 is 0.0764. The van der Waals surface area contributed by atoms with Crippen LogP contribution in [-0.2, 0) is 9.59 Å². The predicted molar refractivity (Wildman–Crippen MR) is 198 cm³/mol. The van der Waals surface area contributed by atoms with Crippen molar-refractivity contribution in [2.24, 2.45) is 0 Å². The Kier molecular flexibility index (Phi) is 11.8. The monoisotopic (exact) mass is 667 g/mol. The first-order chi connectivity index (χ1) is 22.3. The molecule has 1 heterocycles. The molecule has 1 aromatic heterocycles. The number of carbonyl (C=O) groups excluding carboxylic acids is 2. The molecule has 2 atom stereocenters. The van der Waals surface area contributed by atoms with Gasteiger partial charge in [-0.2, -0.15) is 0 Å². The number of rotatable bonds is 13. The molecule has 1 N–H and O–H groups in total. The second kappa shape index (κ2) is 16.2. The van der Waals surface area contributed by atoms with Crippen molar-refractivity contribution in [1.82, 2.24) is 15.2 Å². The minimum absolute atomic E-state index is 0.0281. The molecule has 2 amide bonds. The normalized spacial score (nSPS) is 12.8. The van der Waals surface area contributed by atoms with Crippen molar-refractivity contribution in [3.05, 3.63) is 124 Å². The number of hydrogen-bond acceptors (Lipinski definition) is 5. The Hall–Kier alpha value is -3.78. The Bertz CT molecular complexity index is 1850. The Labute approximate surface area is 284 Å². The van der Waals surface area contributed by atoms with E-state index < -0.39 is 0 Å². The molecule has 0 aliphatic rings. The molecule has 0 aliphatic carbocycles. The number of halogens is 1. The summed E-state index contributed by atoms with van der Waals surface area (Å²) in [6, 6.07) is 32.6. The fourth-order valence-corrected chi connectivity index (χ4v) is 8.02. The summed E-state index contributed by atoms with van der Waals surface area (Å²) in [4.78, 5) is 31.7. The first-order valence-corrected chi connectivity index (χ1v) is 17.8. The zero-order chi connectivity index (χ0) is 32.5. The van der Waals surface area contributed by atoms with Gasteiger partial charge in [0.1, 0.15) is 0 Å². The lowest BCUT2D eigenvalue weighted by Gasteiger charge is -2.19. The average molecular weight is 668 g/mol. The van der Waals surface area contributed by atoms with Crippen molar-refractivity contribution in [3.8, 4) is 0 Å². The third kappa shape index (κ3) is 9.15. The van der Waals surface area contributed by atoms with E-state index in [1.165, 1.54) is 5.39 Å². The van der Waals surface area contributed by atoms with E-state index in [0.717, 1.165) is 38.7 Å². The second-order valence-corrected chi connectivity index (χ2v) is 14.5. The topological polar surface area (TPSA) is 62.3 Å². The van der Waals surface area contributed by atoms with Crippen LogP contribution in [0.15, 0.2) is 97.1 Å². The largest absolute Gasteiger partial charge is 0.350 e. The standard InChI is InChI=1S/C38H38ClN3O2S2/c1-26(33-13-7-10-28-9-4-5-12-34(28)33)40-36(43)20-22-45-38(46-23-21-37(44)42(2)3)30-11-6-8-27(24-30)14-18-32-19-16-29-15-17-31(39)25-35(29)41-32/h4-19,24-26,38H,20-23H2,1-3H3,(H,40,43)/b18-14+. The van der Waals surface area contributed by atoms with Crippen LogP contribution >= 0.6 is 35.1 Å². The first-order valence-electron chi connectivity index (χ1n) is 15.3. The summed E-state index contributed by atoms with van der Waals surface area (Å²) in [5.41, 5.74) is 5.04. The average Bonchev–Trinajstić information content (AvgIpc) is 3.06. The SMILES string of the molecule is CC(NC(=O)CCSC(SCCC(=O)N(C)C)c1cccc(/C=C/c2ccc3ccc(Cl)cc3n2)c1)c1cccc2ccccc12. The van der Waals surface area contributed by atoms with Crippen LogP contribution in [0.1, 0.15) is 52.8 Å². The van der Waals surface area contributed by atoms with Gasteiger partial charge in [0.05, 0.1) is 21.8 Å². The highest BCUT2D eigenvalue weighted by atomic mass is 35.5. The number of fused-ring (bicyclic) bond motifs is 2. The Morgan fingerprint density at radius 3 is 2.41 bits per heavy atom. The summed E-state index contributed by atoms with van der Waals surface area (Å²) >= 11 is 9.66. The first kappa shape index (κ1) is 33.6. The van der Waals surface area contributed by atoms with Crippen LogP contribution in [0.2, 0.25) is 5.02 Å². The number of carbonyl (C=O) groups is 2. The molecule has 5 aromatic rings. The second-order valence-electron chi connectivity index (χ2n) is 11.3. The molecule has 5 rings (SSSR count). The molecule has 8 heteroatoms. The molecule has 0 saturated carbocycles. The molecule has 236 valence electrons. The van der Waals surface area contributed by atoms with Gasteiger partial charge < -0.3 is 10.2 Å². The quantitative estimate of drug-likeness (QED) is 0.127. The lowest BCUT2D eigenvalue weighted by molar-refractivity contribution is -0.128. The van der Waals surface area contributed by atoms with Gasteiger partial charge in [-0.1, -0.05) is 90.5 Å². The highest BCUT2D eigenvalue weighted by molar-refractivity contribution is 8.16. The molecule has 0 aliphatic heterocycles. The van der Waals surface area contributed by atoms with Gasteiger partial charge in [0.25, 0.3) is 0 Å². The smallest absolute Gasteiger partial charge is 0.222 e. The minimum atomic E-state index is -0.0941. The number of nitrogens with zero attached hydrogens (tertiary/aromatic N) is 2. The number of amides is 2. The maximum absolute atomic E-state index is 13.0. The van der Waals surface area contributed by atoms with Gasteiger partial charge in [-0.15, -0.1) is 23.5 Å². The summed E-state index contributed by atoms with van der Waals surface area (Å²) in [5, 5.41) is 7.23. The van der Waals surface area contributed by atoms with Crippen LogP contribution in [0, 0.1) is 0 Å². The van der Waals surface area contributed by atoms with Gasteiger partial charge in [-0.05, 0) is 64.7 Å². The summed E-state index contributed by atoms with van der Waals surface area (Å²) in [6.45, 7) is 2.04. The maximum Gasteiger partial charge on any atom is 0.222 e. The lowest BCUT2D eigenvalue weighted by Crippen LogP contribution is -2.27. The molecular weight excluding hydrogens is 630 g/mol. The van der Waals surface area contributed by atoms with Crippen molar-refractivity contribution in [2.75, 3.05) is 25.6 Å². The maximum atomic E-state index is 13.0. The molecule has 0 saturated heterocycles. The third-order valence-corrected chi connectivity index (χ3v) is 10.7. The van der Waals surface area contributed by atoms with E-state index in [2.05, 4.69) is 59.9 Å². The van der Waals surface area contributed by atoms with Gasteiger partial charge >= 0.3 is 0 Å². The van der Waals surface area contributed by atoms with Gasteiger partial charge in [0.2, 0.25) is 11.8 Å². The van der Waals surface area contributed by atoms with Crippen LogP contribution in [0.4, 0.5) is 0 Å². The summed E-state index contributed by atoms with van der Waals surface area (Å²) in [5.74, 6) is 1.50. The van der Waals surface area contributed by atoms with Crippen molar-refractivity contribution >= 4 is 80.8 Å². The Morgan fingerprint density at radius 1 is 0.848 bits per heavy atom. The van der Waals surface area contributed by atoms with E-state index in [-0.39, 0.29) is 22.4 Å². The molecular formula is C38H38ClN3O2S2. The van der Waals surface area contributed by atoms with Gasteiger partial charge in [-0.3, -0.25) is 9.59 Å². The predicted octanol–water partition coefficient (Wildman–Crippen LogP) is 9.42. The highest BCUT2D eigenvalue weighted by Crippen LogP contribution is 2.40. The number of nitrogens with one attached hydrogen (secondary N) is 1. The van der Waals surface area contributed by atoms with Crippen LogP contribution in [0.5, 0.6) is 0 Å². The van der Waals surface area contributed by atoms with Crippen molar-refractivity contribution in [2.45, 2.75) is 30.4 Å². The van der Waals surface area contributed by atoms with Crippen LogP contribution in [-0.4, -0.2) is 47.3 Å². The fraction of sp³-hybridized carbons (Fsp3) is 0.237. The molecule has 0 bridgehead atoms. The highest BCUT2D eigenvalue weighted by Gasteiger charge is 2.17.